The minimum absolute atomic E-state index is 0.110. The van der Waals surface area contributed by atoms with Crippen LogP contribution in [-0.4, -0.2) is 19.0 Å². The van der Waals surface area contributed by atoms with E-state index in [0.717, 1.165) is 12.1 Å². The van der Waals surface area contributed by atoms with Crippen LogP contribution in [0.3, 0.4) is 0 Å². The van der Waals surface area contributed by atoms with Crippen molar-refractivity contribution < 1.29 is 27.5 Å². The zero-order chi connectivity index (χ0) is 22.5. The molecule has 0 aliphatic rings. The molecule has 0 saturated carbocycles. The highest BCUT2D eigenvalue weighted by Crippen LogP contribution is 2.26. The van der Waals surface area contributed by atoms with E-state index in [2.05, 4.69) is 5.32 Å². The fourth-order valence-electron chi connectivity index (χ4n) is 2.90. The molecule has 0 aliphatic carbocycles. The molecule has 3 rings (SSSR count). The molecule has 3 aromatic rings. The number of benzene rings is 3. The van der Waals surface area contributed by atoms with E-state index in [1.807, 2.05) is 6.07 Å². The van der Waals surface area contributed by atoms with E-state index in [1.165, 1.54) is 55.6 Å². The normalized spacial score (nSPS) is 11.3. The van der Waals surface area contributed by atoms with Crippen LogP contribution in [0.2, 0.25) is 0 Å². The molecule has 0 saturated heterocycles. The summed E-state index contributed by atoms with van der Waals surface area (Å²) in [5, 5.41) is 11.4. The van der Waals surface area contributed by atoms with Crippen LogP contribution in [0.1, 0.15) is 27.5 Å². The number of nitriles is 1. The molecular formula is C23H15F3N2O3. The third-order valence-electron chi connectivity index (χ3n) is 4.55. The van der Waals surface area contributed by atoms with E-state index in [0.29, 0.717) is 16.7 Å². The number of nitrogens with zero attached hydrogens (tertiary/aromatic N) is 1. The van der Waals surface area contributed by atoms with Gasteiger partial charge in [0.25, 0.3) is 5.91 Å². The Labute approximate surface area is 175 Å². The van der Waals surface area contributed by atoms with Crippen molar-refractivity contribution in [2.45, 2.75) is 6.04 Å². The van der Waals surface area contributed by atoms with Gasteiger partial charge in [-0.15, -0.1) is 0 Å². The van der Waals surface area contributed by atoms with Crippen LogP contribution in [0.4, 0.5) is 13.2 Å². The highest BCUT2D eigenvalue weighted by atomic mass is 19.2. The molecule has 1 N–H and O–H groups in total. The summed E-state index contributed by atoms with van der Waals surface area (Å²) in [6.07, 6.45) is 0. The molecule has 3 aromatic carbocycles. The Kier molecular flexibility index (Phi) is 6.36. The van der Waals surface area contributed by atoms with Gasteiger partial charge in [0.05, 0.1) is 18.7 Å². The third kappa shape index (κ3) is 4.73. The van der Waals surface area contributed by atoms with Gasteiger partial charge in [-0.2, -0.15) is 5.26 Å². The van der Waals surface area contributed by atoms with Crippen LogP contribution in [-0.2, 0) is 9.53 Å². The number of carbonyl (C=O) groups excluding carboxylic acids is 2. The second-order valence-electron chi connectivity index (χ2n) is 6.49. The van der Waals surface area contributed by atoms with E-state index in [-0.39, 0.29) is 11.1 Å². The zero-order valence-corrected chi connectivity index (χ0v) is 16.2. The first-order chi connectivity index (χ1) is 14.8. The molecule has 1 amide bonds. The molecular weight excluding hydrogens is 409 g/mol. The lowest BCUT2D eigenvalue weighted by Gasteiger charge is -2.17. The summed E-state index contributed by atoms with van der Waals surface area (Å²) in [5.74, 6) is -5.49. The summed E-state index contributed by atoms with van der Waals surface area (Å²) in [7, 11) is 1.17. The maximum atomic E-state index is 13.5. The van der Waals surface area contributed by atoms with Crippen molar-refractivity contribution in [2.75, 3.05) is 7.11 Å². The first kappa shape index (κ1) is 21.6. The Morgan fingerprint density at radius 2 is 1.52 bits per heavy atom. The Hall–Kier alpha value is -4.12. The van der Waals surface area contributed by atoms with Crippen LogP contribution >= 0.6 is 0 Å². The van der Waals surface area contributed by atoms with Gasteiger partial charge in [-0.25, -0.2) is 18.0 Å². The van der Waals surface area contributed by atoms with Crippen molar-refractivity contribution >= 4 is 11.9 Å². The Morgan fingerprint density at radius 1 is 0.935 bits per heavy atom. The Morgan fingerprint density at radius 3 is 2.03 bits per heavy atom. The summed E-state index contributed by atoms with van der Waals surface area (Å²) < 4.78 is 44.9. The van der Waals surface area contributed by atoms with E-state index in [9.17, 15) is 22.8 Å². The summed E-state index contributed by atoms with van der Waals surface area (Å²) >= 11 is 0. The first-order valence-electron chi connectivity index (χ1n) is 8.97. The summed E-state index contributed by atoms with van der Waals surface area (Å²) in [4.78, 5) is 24.8. The minimum Gasteiger partial charge on any atom is -0.467 e. The number of rotatable bonds is 5. The molecule has 0 radical (unpaired) electrons. The number of esters is 1. The monoisotopic (exact) mass is 424 g/mol. The molecule has 0 fully saturated rings. The quantitative estimate of drug-likeness (QED) is 0.490. The van der Waals surface area contributed by atoms with Gasteiger partial charge in [-0.05, 0) is 53.1 Å². The maximum Gasteiger partial charge on any atom is 0.333 e. The molecule has 0 spiro atoms. The summed E-state index contributed by atoms with van der Waals surface area (Å²) in [6, 6.07) is 14.3. The molecule has 1 unspecified atom stereocenters. The lowest BCUT2D eigenvalue weighted by Crippen LogP contribution is -2.34. The van der Waals surface area contributed by atoms with Crippen LogP contribution in [0.5, 0.6) is 0 Å². The maximum absolute atomic E-state index is 13.5. The lowest BCUT2D eigenvalue weighted by atomic mass is 10.00. The van der Waals surface area contributed by atoms with Gasteiger partial charge >= 0.3 is 5.97 Å². The largest absolute Gasteiger partial charge is 0.467 e. The predicted molar refractivity (Wildman–Crippen MR) is 105 cm³/mol. The zero-order valence-electron chi connectivity index (χ0n) is 16.2. The van der Waals surface area contributed by atoms with Crippen LogP contribution in [0.15, 0.2) is 60.7 Å². The van der Waals surface area contributed by atoms with Crippen LogP contribution in [0, 0.1) is 28.8 Å². The van der Waals surface area contributed by atoms with Crippen molar-refractivity contribution in [1.29, 1.82) is 5.26 Å². The third-order valence-corrected chi connectivity index (χ3v) is 4.55. The number of nitrogens with one attached hydrogen (secondary N) is 1. The molecule has 8 heteroatoms. The van der Waals surface area contributed by atoms with E-state index >= 15 is 0 Å². The molecule has 156 valence electrons. The van der Waals surface area contributed by atoms with Gasteiger partial charge < -0.3 is 10.1 Å². The van der Waals surface area contributed by atoms with Crippen LogP contribution < -0.4 is 5.32 Å². The lowest BCUT2D eigenvalue weighted by molar-refractivity contribution is -0.143. The molecule has 0 bridgehead atoms. The smallest absolute Gasteiger partial charge is 0.333 e. The van der Waals surface area contributed by atoms with E-state index < -0.39 is 35.4 Å². The van der Waals surface area contributed by atoms with Crippen molar-refractivity contribution in [2.24, 2.45) is 0 Å². The Balaban J connectivity index is 1.86. The van der Waals surface area contributed by atoms with Gasteiger partial charge in [0.2, 0.25) is 0 Å². The number of methoxy groups -OCH3 is 1. The van der Waals surface area contributed by atoms with E-state index in [1.54, 1.807) is 0 Å². The minimum atomic E-state index is -1.56. The van der Waals surface area contributed by atoms with Crippen molar-refractivity contribution in [3.05, 3.63) is 94.8 Å². The Bertz CT molecular complexity index is 1150. The molecule has 5 nitrogen and oxygen atoms in total. The first-order valence-corrected chi connectivity index (χ1v) is 8.97. The summed E-state index contributed by atoms with van der Waals surface area (Å²) in [5.41, 5.74) is 1.47. The van der Waals surface area contributed by atoms with Crippen molar-refractivity contribution in [3.8, 4) is 17.2 Å². The van der Waals surface area contributed by atoms with Gasteiger partial charge in [-0.3, -0.25) is 4.79 Å². The number of hydrogen-bond donors (Lipinski definition) is 1. The number of halogens is 3. The van der Waals surface area contributed by atoms with Gasteiger partial charge in [0.1, 0.15) is 0 Å². The average Bonchev–Trinajstić information content (AvgIpc) is 2.80. The highest BCUT2D eigenvalue weighted by molar-refractivity contribution is 5.97. The van der Waals surface area contributed by atoms with Crippen molar-refractivity contribution in [3.63, 3.8) is 0 Å². The number of carbonyl (C=O) groups is 2. The molecule has 0 heterocycles. The molecule has 1 atom stereocenters. The summed E-state index contributed by atoms with van der Waals surface area (Å²) in [6.45, 7) is 0. The SMILES string of the molecule is COC(=O)C(NC(=O)c1ccc(C#N)cc1)c1ccc(-c2cc(F)c(F)c(F)c2)cc1. The second-order valence-corrected chi connectivity index (χ2v) is 6.49. The van der Waals surface area contributed by atoms with Gasteiger partial charge in [-0.1, -0.05) is 24.3 Å². The van der Waals surface area contributed by atoms with Gasteiger partial charge in [0.15, 0.2) is 23.5 Å². The topological polar surface area (TPSA) is 79.2 Å². The van der Waals surface area contributed by atoms with Crippen molar-refractivity contribution in [1.82, 2.24) is 5.32 Å². The second kappa shape index (κ2) is 9.13. The average molecular weight is 424 g/mol. The number of amides is 1. The number of hydrogen-bond acceptors (Lipinski definition) is 4. The number of ether oxygens (including phenoxy) is 1. The highest BCUT2D eigenvalue weighted by Gasteiger charge is 2.24. The molecule has 0 aromatic heterocycles. The molecule has 0 aliphatic heterocycles. The fourth-order valence-corrected chi connectivity index (χ4v) is 2.90. The van der Waals surface area contributed by atoms with Crippen LogP contribution in [0.25, 0.3) is 11.1 Å². The van der Waals surface area contributed by atoms with E-state index in [4.69, 9.17) is 10.00 Å². The predicted octanol–water partition coefficient (Wildman–Crippen LogP) is 4.29. The fraction of sp³-hybridized carbons (Fsp3) is 0.0870. The van der Waals surface area contributed by atoms with Gasteiger partial charge in [0, 0.05) is 5.56 Å². The molecule has 31 heavy (non-hydrogen) atoms. The standard InChI is InChI=1S/C23H15F3N2O3/c1-31-23(30)21(28-22(29)16-4-2-13(12-27)3-5-16)15-8-6-14(7-9-15)17-10-18(24)20(26)19(25)11-17/h2-11,21H,1H3,(H,28,29).